The standard InChI is InChI=1S/C18H18F3N5/c1-11-9-15(26-17(22-11)23-16(24-26)18(19,20)21)25(2)14-8-7-12-5-3-4-6-13(12)10-14/h3-6,9,14H,7-8,10H2,1-2H3. The zero-order chi connectivity index (χ0) is 18.5. The van der Waals surface area contributed by atoms with Crippen molar-refractivity contribution in [2.45, 2.75) is 38.4 Å². The number of anilines is 1. The van der Waals surface area contributed by atoms with Crippen molar-refractivity contribution in [3.8, 4) is 0 Å². The third-order valence-electron chi connectivity index (χ3n) is 4.90. The van der Waals surface area contributed by atoms with Gasteiger partial charge in [-0.25, -0.2) is 4.98 Å². The van der Waals surface area contributed by atoms with Crippen molar-refractivity contribution in [1.29, 1.82) is 0 Å². The van der Waals surface area contributed by atoms with Crippen LogP contribution in [-0.2, 0) is 19.0 Å². The molecule has 0 N–H and O–H groups in total. The Morgan fingerprint density at radius 1 is 1.15 bits per heavy atom. The van der Waals surface area contributed by atoms with Crippen molar-refractivity contribution >= 4 is 11.6 Å². The van der Waals surface area contributed by atoms with Gasteiger partial charge in [0.1, 0.15) is 5.82 Å². The highest BCUT2D eigenvalue weighted by atomic mass is 19.4. The zero-order valence-corrected chi connectivity index (χ0v) is 14.5. The first-order valence-electron chi connectivity index (χ1n) is 8.44. The molecule has 0 saturated heterocycles. The van der Waals surface area contributed by atoms with Crippen molar-refractivity contribution in [2.24, 2.45) is 0 Å². The number of aryl methyl sites for hydroxylation is 2. The Labute approximate surface area is 148 Å². The lowest BCUT2D eigenvalue weighted by Crippen LogP contribution is -2.37. The molecule has 0 fully saturated rings. The lowest BCUT2D eigenvalue weighted by atomic mass is 9.88. The van der Waals surface area contributed by atoms with E-state index in [4.69, 9.17) is 0 Å². The van der Waals surface area contributed by atoms with Gasteiger partial charge in [-0.3, -0.25) is 0 Å². The molecule has 2 aromatic heterocycles. The highest BCUT2D eigenvalue weighted by Crippen LogP contribution is 2.30. The first kappa shape index (κ1) is 16.8. The number of likely N-dealkylation sites (N-methyl/N-ethyl adjacent to an activating group) is 1. The zero-order valence-electron chi connectivity index (χ0n) is 14.5. The van der Waals surface area contributed by atoms with Gasteiger partial charge in [-0.1, -0.05) is 24.3 Å². The van der Waals surface area contributed by atoms with Crippen LogP contribution < -0.4 is 4.90 Å². The van der Waals surface area contributed by atoms with Gasteiger partial charge in [0.15, 0.2) is 0 Å². The Morgan fingerprint density at radius 2 is 1.88 bits per heavy atom. The van der Waals surface area contributed by atoms with Crippen molar-refractivity contribution in [3.05, 3.63) is 53.0 Å². The molecule has 1 atom stereocenters. The first-order valence-corrected chi connectivity index (χ1v) is 8.44. The molecule has 1 aromatic carbocycles. The quantitative estimate of drug-likeness (QED) is 0.701. The van der Waals surface area contributed by atoms with E-state index in [1.807, 2.05) is 24.1 Å². The van der Waals surface area contributed by atoms with Gasteiger partial charge in [0.25, 0.3) is 11.6 Å². The van der Waals surface area contributed by atoms with Crippen molar-refractivity contribution < 1.29 is 13.2 Å². The molecule has 136 valence electrons. The van der Waals surface area contributed by atoms with Gasteiger partial charge in [-0.15, -0.1) is 5.10 Å². The minimum atomic E-state index is -4.60. The summed E-state index contributed by atoms with van der Waals surface area (Å²) in [4.78, 5) is 9.65. The van der Waals surface area contributed by atoms with Crippen molar-refractivity contribution in [3.63, 3.8) is 0 Å². The number of benzene rings is 1. The Morgan fingerprint density at radius 3 is 2.62 bits per heavy atom. The first-order chi connectivity index (χ1) is 12.3. The predicted octanol–water partition coefficient (Wildman–Crippen LogP) is 3.45. The number of rotatable bonds is 2. The Bertz CT molecular complexity index is 963. The minimum Gasteiger partial charge on any atom is -0.356 e. The van der Waals surface area contributed by atoms with Crippen LogP contribution in [0.25, 0.3) is 5.78 Å². The Balaban J connectivity index is 1.73. The third-order valence-corrected chi connectivity index (χ3v) is 4.90. The number of aromatic nitrogens is 4. The molecule has 0 radical (unpaired) electrons. The van der Waals surface area contributed by atoms with E-state index in [9.17, 15) is 13.2 Å². The summed E-state index contributed by atoms with van der Waals surface area (Å²) in [7, 11) is 1.89. The van der Waals surface area contributed by atoms with Gasteiger partial charge in [0.2, 0.25) is 0 Å². The van der Waals surface area contributed by atoms with Crippen LogP contribution in [0.4, 0.5) is 19.0 Å². The monoisotopic (exact) mass is 361 g/mol. The smallest absolute Gasteiger partial charge is 0.356 e. The average Bonchev–Trinajstić information content (AvgIpc) is 3.04. The average molecular weight is 361 g/mol. The van der Waals surface area contributed by atoms with E-state index in [-0.39, 0.29) is 11.8 Å². The molecule has 3 aromatic rings. The minimum absolute atomic E-state index is 0.0321. The van der Waals surface area contributed by atoms with E-state index < -0.39 is 12.0 Å². The summed E-state index contributed by atoms with van der Waals surface area (Å²) in [6.07, 6.45) is -1.88. The molecule has 0 saturated carbocycles. The molecular weight excluding hydrogens is 343 g/mol. The SMILES string of the molecule is Cc1cc(N(C)C2CCc3ccccc3C2)n2nc(C(F)(F)F)nc2n1. The predicted molar refractivity (Wildman–Crippen MR) is 91.2 cm³/mol. The highest BCUT2D eigenvalue weighted by Gasteiger charge is 2.37. The fourth-order valence-corrected chi connectivity index (χ4v) is 3.54. The van der Waals surface area contributed by atoms with Gasteiger partial charge < -0.3 is 4.90 Å². The van der Waals surface area contributed by atoms with Gasteiger partial charge in [-0.05, 0) is 37.3 Å². The molecular formula is C18H18F3N5. The Kier molecular flexibility index (Phi) is 3.86. The van der Waals surface area contributed by atoms with Crippen molar-refractivity contribution in [2.75, 3.05) is 11.9 Å². The maximum absolute atomic E-state index is 13.0. The molecule has 1 unspecified atom stereocenters. The highest BCUT2D eigenvalue weighted by molar-refractivity contribution is 5.49. The second-order valence-electron chi connectivity index (χ2n) is 6.68. The van der Waals surface area contributed by atoms with Crippen LogP contribution in [0.1, 0.15) is 29.1 Å². The van der Waals surface area contributed by atoms with Crippen molar-refractivity contribution in [1.82, 2.24) is 19.6 Å². The van der Waals surface area contributed by atoms with Crippen LogP contribution in [0.2, 0.25) is 0 Å². The van der Waals surface area contributed by atoms with Crippen LogP contribution in [0.3, 0.4) is 0 Å². The normalized spacial score (nSPS) is 17.3. The van der Waals surface area contributed by atoms with Crippen LogP contribution >= 0.6 is 0 Å². The molecule has 4 rings (SSSR count). The fraction of sp³-hybridized carbons (Fsp3) is 0.389. The van der Waals surface area contributed by atoms with E-state index in [2.05, 4.69) is 27.2 Å². The summed E-state index contributed by atoms with van der Waals surface area (Å²) in [5.41, 5.74) is 3.23. The fourth-order valence-electron chi connectivity index (χ4n) is 3.54. The summed E-state index contributed by atoms with van der Waals surface area (Å²) in [5, 5.41) is 3.66. The molecule has 1 aliphatic carbocycles. The number of hydrogen-bond acceptors (Lipinski definition) is 4. The van der Waals surface area contributed by atoms with Crippen LogP contribution in [-0.4, -0.2) is 32.7 Å². The maximum Gasteiger partial charge on any atom is 0.453 e. The number of alkyl halides is 3. The van der Waals surface area contributed by atoms with Crippen LogP contribution in [0, 0.1) is 6.92 Å². The number of hydrogen-bond donors (Lipinski definition) is 0. The van der Waals surface area contributed by atoms with Crippen LogP contribution in [0.15, 0.2) is 30.3 Å². The lowest BCUT2D eigenvalue weighted by Gasteiger charge is -2.34. The molecule has 8 heteroatoms. The molecule has 0 spiro atoms. The number of nitrogens with zero attached hydrogens (tertiary/aromatic N) is 5. The second-order valence-corrected chi connectivity index (χ2v) is 6.68. The topological polar surface area (TPSA) is 46.3 Å². The molecule has 0 bridgehead atoms. The van der Waals surface area contributed by atoms with E-state index in [0.717, 1.165) is 19.3 Å². The molecule has 0 aliphatic heterocycles. The summed E-state index contributed by atoms with van der Waals surface area (Å²) in [5.74, 6) is -0.630. The van der Waals surface area contributed by atoms with E-state index in [1.54, 1.807) is 13.0 Å². The molecule has 5 nitrogen and oxygen atoms in total. The lowest BCUT2D eigenvalue weighted by molar-refractivity contribution is -0.144. The summed E-state index contributed by atoms with van der Waals surface area (Å²) < 4.78 is 40.2. The van der Waals surface area contributed by atoms with Gasteiger partial charge >= 0.3 is 6.18 Å². The van der Waals surface area contributed by atoms with Gasteiger partial charge in [-0.2, -0.15) is 22.7 Å². The maximum atomic E-state index is 13.0. The second kappa shape index (κ2) is 5.96. The Hall–Kier alpha value is -2.64. The summed E-state index contributed by atoms with van der Waals surface area (Å²) in [6.45, 7) is 1.75. The third kappa shape index (κ3) is 2.89. The summed E-state index contributed by atoms with van der Waals surface area (Å²) >= 11 is 0. The summed E-state index contributed by atoms with van der Waals surface area (Å²) in [6, 6.07) is 10.2. The van der Waals surface area contributed by atoms with E-state index in [0.29, 0.717) is 11.5 Å². The molecule has 1 aliphatic rings. The number of halogens is 3. The van der Waals surface area contributed by atoms with Crippen LogP contribution in [0.5, 0.6) is 0 Å². The molecule has 2 heterocycles. The van der Waals surface area contributed by atoms with E-state index >= 15 is 0 Å². The number of fused-ring (bicyclic) bond motifs is 2. The van der Waals surface area contributed by atoms with E-state index in [1.165, 1.54) is 15.6 Å². The molecule has 0 amide bonds. The largest absolute Gasteiger partial charge is 0.453 e. The van der Waals surface area contributed by atoms with Gasteiger partial charge in [0, 0.05) is 24.8 Å². The van der Waals surface area contributed by atoms with Gasteiger partial charge in [0.05, 0.1) is 0 Å². The molecule has 26 heavy (non-hydrogen) atoms.